The molecule has 0 spiro atoms. The highest BCUT2D eigenvalue weighted by atomic mass is 79.9. The second kappa shape index (κ2) is 8.18. The molecule has 1 amide bonds. The van der Waals surface area contributed by atoms with Gasteiger partial charge in [0.2, 0.25) is 0 Å². The van der Waals surface area contributed by atoms with Crippen LogP contribution in [0.4, 0.5) is 0 Å². The number of hydrogen-bond acceptors (Lipinski definition) is 3. The molecule has 1 aliphatic heterocycles. The number of ether oxygens (including phenoxy) is 1. The van der Waals surface area contributed by atoms with Crippen molar-refractivity contribution in [1.29, 1.82) is 0 Å². The number of benzene rings is 1. The van der Waals surface area contributed by atoms with Crippen molar-refractivity contribution < 1.29 is 9.53 Å². The molecule has 6 heteroatoms. The highest BCUT2D eigenvalue weighted by Crippen LogP contribution is 2.29. The Bertz CT molecular complexity index is 525. The summed E-state index contributed by atoms with van der Waals surface area (Å²) in [4.78, 5) is 14.5. The van der Waals surface area contributed by atoms with Crippen LogP contribution in [0, 0.1) is 5.92 Å². The summed E-state index contributed by atoms with van der Waals surface area (Å²) in [5, 5.41) is 3.82. The number of carbonyl (C=O) groups is 1. The molecule has 0 saturated carbocycles. The molecule has 0 unspecified atom stereocenters. The second-order valence-corrected chi connectivity index (χ2v) is 6.98. The first-order valence-corrected chi connectivity index (χ1v) is 8.73. The van der Waals surface area contributed by atoms with Crippen molar-refractivity contribution in [1.82, 2.24) is 10.2 Å². The predicted molar refractivity (Wildman–Crippen MR) is 92.5 cm³/mol. The first-order valence-electron chi connectivity index (χ1n) is 7.56. The maximum absolute atomic E-state index is 12.6. The zero-order valence-electron chi connectivity index (χ0n) is 12.9. The van der Waals surface area contributed by atoms with Crippen LogP contribution in [0.5, 0.6) is 5.75 Å². The van der Waals surface area contributed by atoms with Crippen molar-refractivity contribution >= 4 is 33.4 Å². The zero-order valence-corrected chi connectivity index (χ0v) is 15.3. The molecule has 22 heavy (non-hydrogen) atoms. The third-order valence-electron chi connectivity index (χ3n) is 3.87. The molecule has 0 bridgehead atoms. The first kappa shape index (κ1) is 17.6. The molecule has 2 rings (SSSR count). The Morgan fingerprint density at radius 2 is 2.36 bits per heavy atom. The van der Waals surface area contributed by atoms with E-state index in [1.807, 2.05) is 11.9 Å². The van der Waals surface area contributed by atoms with Crippen LogP contribution in [0.15, 0.2) is 22.7 Å². The van der Waals surface area contributed by atoms with Crippen molar-refractivity contribution in [2.45, 2.75) is 25.9 Å². The Morgan fingerprint density at radius 3 is 3.05 bits per heavy atom. The van der Waals surface area contributed by atoms with Crippen LogP contribution in [-0.4, -0.2) is 43.6 Å². The van der Waals surface area contributed by atoms with Crippen LogP contribution >= 0.6 is 27.5 Å². The molecule has 1 fully saturated rings. The molecule has 122 valence electrons. The Hall–Kier alpha value is -0.780. The number of nitrogens with zero attached hydrogens (tertiary/aromatic N) is 1. The fourth-order valence-electron chi connectivity index (χ4n) is 2.79. The van der Waals surface area contributed by atoms with E-state index in [1.54, 1.807) is 25.1 Å². The average Bonchev–Trinajstić information content (AvgIpc) is 2.50. The minimum atomic E-state index is -0.509. The van der Waals surface area contributed by atoms with Crippen LogP contribution in [0.25, 0.3) is 0 Å². The maximum atomic E-state index is 12.6. The van der Waals surface area contributed by atoms with Gasteiger partial charge in [-0.05, 0) is 73.4 Å². The molecule has 0 aromatic heterocycles. The molecule has 1 aromatic carbocycles. The van der Waals surface area contributed by atoms with E-state index >= 15 is 0 Å². The van der Waals surface area contributed by atoms with Gasteiger partial charge in [0.25, 0.3) is 5.91 Å². The van der Waals surface area contributed by atoms with E-state index in [-0.39, 0.29) is 5.91 Å². The zero-order chi connectivity index (χ0) is 16.1. The van der Waals surface area contributed by atoms with Crippen LogP contribution in [0.3, 0.4) is 0 Å². The molecule has 1 aromatic rings. The lowest BCUT2D eigenvalue weighted by atomic mass is 9.97. The van der Waals surface area contributed by atoms with Crippen LogP contribution < -0.4 is 10.1 Å². The summed E-state index contributed by atoms with van der Waals surface area (Å²) in [6.45, 7) is 4.36. The Morgan fingerprint density at radius 1 is 1.59 bits per heavy atom. The van der Waals surface area contributed by atoms with Gasteiger partial charge in [0.1, 0.15) is 5.75 Å². The number of halogens is 2. The van der Waals surface area contributed by atoms with Gasteiger partial charge in [-0.15, -0.1) is 0 Å². The summed E-state index contributed by atoms with van der Waals surface area (Å²) in [6, 6.07) is 5.29. The Balaban J connectivity index is 1.96. The number of likely N-dealkylation sites (tertiary alicyclic amines) is 1. The van der Waals surface area contributed by atoms with Gasteiger partial charge in [-0.1, -0.05) is 11.6 Å². The Labute approximate surface area is 145 Å². The van der Waals surface area contributed by atoms with Gasteiger partial charge in [0.05, 0.1) is 4.47 Å². The van der Waals surface area contributed by atoms with Crippen molar-refractivity contribution in [3.8, 4) is 5.75 Å². The minimum Gasteiger partial charge on any atom is -0.480 e. The maximum Gasteiger partial charge on any atom is 0.263 e. The number of nitrogens with one attached hydrogen (secondary N) is 1. The lowest BCUT2D eigenvalue weighted by molar-refractivity contribution is -0.139. The standard InChI is InChI=1S/C16H22BrClN2O2/c1-11(22-15-6-5-13(18)8-14(15)17)16(21)20-7-3-4-12(10-20)9-19-2/h5-6,8,11-12,19H,3-4,7,9-10H2,1-2H3/t11-,12-/m0/s1. The van der Waals surface area contributed by atoms with E-state index in [1.165, 1.54) is 6.42 Å². The van der Waals surface area contributed by atoms with Gasteiger partial charge in [0, 0.05) is 18.1 Å². The number of rotatable bonds is 5. The SMILES string of the molecule is CNC[C@@H]1CCCN(C(=O)[C@H](C)Oc2ccc(Cl)cc2Br)C1. The largest absolute Gasteiger partial charge is 0.480 e. The normalized spacial score (nSPS) is 19.8. The summed E-state index contributed by atoms with van der Waals surface area (Å²) in [6.07, 6.45) is 1.71. The lowest BCUT2D eigenvalue weighted by Gasteiger charge is -2.34. The van der Waals surface area contributed by atoms with E-state index in [4.69, 9.17) is 16.3 Å². The van der Waals surface area contributed by atoms with E-state index in [2.05, 4.69) is 21.2 Å². The van der Waals surface area contributed by atoms with Crippen molar-refractivity contribution in [3.05, 3.63) is 27.7 Å². The third-order valence-corrected chi connectivity index (χ3v) is 4.72. The monoisotopic (exact) mass is 388 g/mol. The number of piperidine rings is 1. The third kappa shape index (κ3) is 4.61. The quantitative estimate of drug-likeness (QED) is 0.840. The van der Waals surface area contributed by atoms with Crippen LogP contribution in [0.1, 0.15) is 19.8 Å². The molecule has 0 radical (unpaired) electrons. The lowest BCUT2D eigenvalue weighted by Crippen LogP contribution is -2.47. The van der Waals surface area contributed by atoms with E-state index in [0.29, 0.717) is 16.7 Å². The van der Waals surface area contributed by atoms with E-state index < -0.39 is 6.10 Å². The summed E-state index contributed by atoms with van der Waals surface area (Å²) in [5.74, 6) is 1.20. The molecule has 1 aliphatic rings. The Kier molecular flexibility index (Phi) is 6.53. The van der Waals surface area contributed by atoms with Gasteiger partial charge in [-0.25, -0.2) is 0 Å². The van der Waals surface area contributed by atoms with Crippen molar-refractivity contribution in [2.75, 3.05) is 26.7 Å². The highest BCUT2D eigenvalue weighted by Gasteiger charge is 2.27. The molecular weight excluding hydrogens is 368 g/mol. The molecular formula is C16H22BrClN2O2. The fraction of sp³-hybridized carbons (Fsp3) is 0.562. The number of carbonyl (C=O) groups excluding carboxylic acids is 1. The van der Waals surface area contributed by atoms with Gasteiger partial charge in [-0.3, -0.25) is 4.79 Å². The summed E-state index contributed by atoms with van der Waals surface area (Å²) < 4.78 is 6.55. The molecule has 1 N–H and O–H groups in total. The van der Waals surface area contributed by atoms with E-state index in [0.717, 1.165) is 30.5 Å². The van der Waals surface area contributed by atoms with Crippen LogP contribution in [0.2, 0.25) is 5.02 Å². The molecule has 1 saturated heterocycles. The van der Waals surface area contributed by atoms with Crippen molar-refractivity contribution in [3.63, 3.8) is 0 Å². The van der Waals surface area contributed by atoms with Gasteiger partial charge < -0.3 is 15.0 Å². The summed E-state index contributed by atoms with van der Waals surface area (Å²) >= 11 is 9.33. The van der Waals surface area contributed by atoms with Gasteiger partial charge in [-0.2, -0.15) is 0 Å². The summed E-state index contributed by atoms with van der Waals surface area (Å²) in [5.41, 5.74) is 0. The average molecular weight is 390 g/mol. The number of amides is 1. The van der Waals surface area contributed by atoms with Gasteiger partial charge >= 0.3 is 0 Å². The molecule has 0 aliphatic carbocycles. The topological polar surface area (TPSA) is 41.6 Å². The van der Waals surface area contributed by atoms with Crippen LogP contribution in [-0.2, 0) is 4.79 Å². The first-order chi connectivity index (χ1) is 10.5. The second-order valence-electron chi connectivity index (χ2n) is 5.69. The molecule has 1 heterocycles. The fourth-order valence-corrected chi connectivity index (χ4v) is 3.57. The number of hydrogen-bond donors (Lipinski definition) is 1. The van der Waals surface area contributed by atoms with E-state index in [9.17, 15) is 4.79 Å². The smallest absolute Gasteiger partial charge is 0.263 e. The van der Waals surface area contributed by atoms with Crippen molar-refractivity contribution in [2.24, 2.45) is 5.92 Å². The summed E-state index contributed by atoms with van der Waals surface area (Å²) in [7, 11) is 1.95. The molecule has 4 nitrogen and oxygen atoms in total. The molecule has 2 atom stereocenters. The predicted octanol–water partition coefficient (Wildman–Crippen LogP) is 3.33. The highest BCUT2D eigenvalue weighted by molar-refractivity contribution is 9.10. The minimum absolute atomic E-state index is 0.0441. The van der Waals surface area contributed by atoms with Gasteiger partial charge in [0.15, 0.2) is 6.10 Å².